The smallest absolute Gasteiger partial charge is 0.321 e. The van der Waals surface area contributed by atoms with Crippen molar-refractivity contribution in [3.63, 3.8) is 0 Å². The Labute approximate surface area is 132 Å². The number of hydrogen-bond donors (Lipinski definition) is 2. The van der Waals surface area contributed by atoms with Crippen LogP contribution in [0, 0.1) is 6.92 Å². The molecule has 0 heterocycles. The normalized spacial score (nSPS) is 12.0. The summed E-state index contributed by atoms with van der Waals surface area (Å²) in [6.45, 7) is 9.14. The van der Waals surface area contributed by atoms with Crippen LogP contribution in [0.2, 0.25) is 0 Å². The first-order chi connectivity index (χ1) is 10.2. The molecule has 124 valence electrons. The van der Waals surface area contributed by atoms with Crippen LogP contribution < -0.4 is 10.6 Å². The van der Waals surface area contributed by atoms with E-state index in [9.17, 15) is 9.36 Å². The molecule has 7 heteroatoms. The van der Waals surface area contributed by atoms with Crippen molar-refractivity contribution >= 4 is 19.3 Å². The number of hydrogen-bond acceptors (Lipinski definition) is 4. The highest BCUT2D eigenvalue weighted by Crippen LogP contribution is 2.58. The summed E-state index contributed by atoms with van der Waals surface area (Å²) in [5, 5.41) is 4.22. The van der Waals surface area contributed by atoms with E-state index in [0.29, 0.717) is 5.69 Å². The van der Waals surface area contributed by atoms with Crippen LogP contribution in [0.1, 0.15) is 33.3 Å². The molecule has 0 saturated carbocycles. The van der Waals surface area contributed by atoms with Gasteiger partial charge in [-0.1, -0.05) is 17.7 Å². The largest absolute Gasteiger partial charge is 0.355 e. The third kappa shape index (κ3) is 4.83. The Morgan fingerprint density at radius 2 is 1.64 bits per heavy atom. The van der Waals surface area contributed by atoms with Crippen molar-refractivity contribution in [2.45, 2.75) is 39.9 Å². The van der Waals surface area contributed by atoms with Crippen molar-refractivity contribution < 1.29 is 18.4 Å². The predicted octanol–water partition coefficient (Wildman–Crippen LogP) is 4.12. The maximum atomic E-state index is 12.8. The zero-order valence-electron chi connectivity index (χ0n) is 13.8. The van der Waals surface area contributed by atoms with Gasteiger partial charge in [0, 0.05) is 5.69 Å². The van der Waals surface area contributed by atoms with Gasteiger partial charge < -0.3 is 19.7 Å². The number of carbonyl (C=O) groups excluding carboxylic acids is 1. The lowest BCUT2D eigenvalue weighted by molar-refractivity contribution is 0.191. The van der Waals surface area contributed by atoms with E-state index in [1.807, 2.05) is 19.1 Å². The molecule has 1 rings (SSSR count). The van der Waals surface area contributed by atoms with E-state index in [4.69, 9.17) is 9.05 Å². The molecule has 1 aromatic rings. The fraction of sp³-hybridized carbons (Fsp3) is 0.533. The molecule has 22 heavy (non-hydrogen) atoms. The topological polar surface area (TPSA) is 76.7 Å². The lowest BCUT2D eigenvalue weighted by Crippen LogP contribution is -2.46. The van der Waals surface area contributed by atoms with Gasteiger partial charge in [-0.2, -0.15) is 0 Å². The van der Waals surface area contributed by atoms with Gasteiger partial charge in [-0.15, -0.1) is 0 Å². The Balaban J connectivity index is 2.78. The molecule has 0 unspecified atom stereocenters. The van der Waals surface area contributed by atoms with E-state index in [1.54, 1.807) is 39.8 Å². The summed E-state index contributed by atoms with van der Waals surface area (Å²) >= 11 is 0. The van der Waals surface area contributed by atoms with Crippen molar-refractivity contribution in [3.8, 4) is 0 Å². The van der Waals surface area contributed by atoms with Crippen molar-refractivity contribution in [1.29, 1.82) is 0 Å². The molecule has 0 aliphatic heterocycles. The minimum Gasteiger partial charge on any atom is -0.321 e. The average Bonchev–Trinajstić information content (AvgIpc) is 2.41. The summed E-state index contributed by atoms with van der Waals surface area (Å²) in [5.41, 5.74) is 1.75. The Kier molecular flexibility index (Phi) is 6.60. The summed E-state index contributed by atoms with van der Waals surface area (Å²) in [5.74, 6) is 0. The molecule has 0 aliphatic carbocycles. The number of nitrogens with one attached hydrogen (secondary N) is 2. The second-order valence-electron chi connectivity index (χ2n) is 5.34. The first-order valence-electron chi connectivity index (χ1n) is 7.29. The fourth-order valence-electron chi connectivity index (χ4n) is 1.85. The molecule has 6 nitrogen and oxygen atoms in total. The highest BCUT2D eigenvalue weighted by atomic mass is 31.2. The second kappa shape index (κ2) is 7.77. The second-order valence-corrected chi connectivity index (χ2v) is 7.97. The van der Waals surface area contributed by atoms with Crippen LogP contribution in [-0.4, -0.2) is 24.5 Å². The summed E-state index contributed by atoms with van der Waals surface area (Å²) in [6.07, 6.45) is 0. The molecular weight excluding hydrogens is 303 g/mol. The standard InChI is InChI=1S/C15H25N2O4P/c1-6-20-22(19,21-7-2)15(4,5)17-14(18)16-13-10-8-12(3)9-11-13/h8-11H,6-7H2,1-5H3,(H2,16,17,18). The Hall–Kier alpha value is -1.36. The highest BCUT2D eigenvalue weighted by molar-refractivity contribution is 7.55. The third-order valence-corrected chi connectivity index (χ3v) is 5.69. The molecular formula is C15H25N2O4P. The average molecular weight is 328 g/mol. The molecule has 0 bridgehead atoms. The van der Waals surface area contributed by atoms with Crippen molar-refractivity contribution in [2.75, 3.05) is 18.5 Å². The van der Waals surface area contributed by atoms with Crippen LogP contribution in [-0.2, 0) is 13.6 Å². The number of rotatable bonds is 7. The van der Waals surface area contributed by atoms with Gasteiger partial charge in [0.15, 0.2) is 0 Å². The molecule has 0 aromatic heterocycles. The number of carbonyl (C=O) groups is 1. The molecule has 0 saturated heterocycles. The Morgan fingerprint density at radius 1 is 1.14 bits per heavy atom. The fourth-order valence-corrected chi connectivity index (χ4v) is 3.48. The van der Waals surface area contributed by atoms with Crippen LogP contribution >= 0.6 is 7.60 Å². The zero-order valence-corrected chi connectivity index (χ0v) is 14.7. The molecule has 0 aliphatic rings. The van der Waals surface area contributed by atoms with Gasteiger partial charge in [-0.05, 0) is 46.8 Å². The molecule has 0 atom stereocenters. The van der Waals surface area contributed by atoms with Crippen LogP contribution in [0.25, 0.3) is 0 Å². The summed E-state index contributed by atoms with van der Waals surface area (Å²) in [6, 6.07) is 6.92. The van der Waals surface area contributed by atoms with Gasteiger partial charge in [-0.3, -0.25) is 4.57 Å². The number of benzene rings is 1. The van der Waals surface area contributed by atoms with Crippen LogP contribution in [0.3, 0.4) is 0 Å². The summed E-state index contributed by atoms with van der Waals surface area (Å²) in [7, 11) is -3.46. The minimum atomic E-state index is -3.46. The van der Waals surface area contributed by atoms with Crippen LogP contribution in [0.5, 0.6) is 0 Å². The molecule has 1 aromatic carbocycles. The number of amides is 2. The maximum Gasteiger partial charge on any atom is 0.355 e. The van der Waals surface area contributed by atoms with E-state index >= 15 is 0 Å². The Bertz CT molecular complexity index is 533. The van der Waals surface area contributed by atoms with Crippen molar-refractivity contribution in [2.24, 2.45) is 0 Å². The molecule has 0 fully saturated rings. The lowest BCUT2D eigenvalue weighted by atomic mass is 10.2. The lowest BCUT2D eigenvalue weighted by Gasteiger charge is -2.33. The monoisotopic (exact) mass is 328 g/mol. The molecule has 0 radical (unpaired) electrons. The zero-order chi connectivity index (χ0) is 16.8. The van der Waals surface area contributed by atoms with Gasteiger partial charge in [0.05, 0.1) is 13.2 Å². The number of anilines is 1. The van der Waals surface area contributed by atoms with E-state index < -0.39 is 18.9 Å². The van der Waals surface area contributed by atoms with E-state index in [2.05, 4.69) is 10.6 Å². The quantitative estimate of drug-likeness (QED) is 0.738. The van der Waals surface area contributed by atoms with Gasteiger partial charge in [0.2, 0.25) is 0 Å². The predicted molar refractivity (Wildman–Crippen MR) is 88.3 cm³/mol. The highest BCUT2D eigenvalue weighted by Gasteiger charge is 2.44. The third-order valence-electron chi connectivity index (χ3n) is 3.01. The summed E-state index contributed by atoms with van der Waals surface area (Å²) in [4.78, 5) is 12.1. The van der Waals surface area contributed by atoms with Gasteiger partial charge >= 0.3 is 13.6 Å². The van der Waals surface area contributed by atoms with Crippen molar-refractivity contribution in [1.82, 2.24) is 5.32 Å². The first kappa shape index (κ1) is 18.7. The van der Waals surface area contributed by atoms with E-state index in [0.717, 1.165) is 5.56 Å². The molecule has 2 N–H and O–H groups in total. The maximum absolute atomic E-state index is 12.8. The first-order valence-corrected chi connectivity index (χ1v) is 8.83. The molecule has 2 amide bonds. The number of aryl methyl sites for hydroxylation is 1. The minimum absolute atomic E-state index is 0.238. The van der Waals surface area contributed by atoms with Crippen LogP contribution in [0.4, 0.5) is 10.5 Å². The molecule has 0 spiro atoms. The van der Waals surface area contributed by atoms with Crippen LogP contribution in [0.15, 0.2) is 24.3 Å². The Morgan fingerprint density at radius 3 is 2.09 bits per heavy atom. The van der Waals surface area contributed by atoms with Crippen molar-refractivity contribution in [3.05, 3.63) is 29.8 Å². The van der Waals surface area contributed by atoms with E-state index in [1.165, 1.54) is 0 Å². The number of urea groups is 1. The summed E-state index contributed by atoms with van der Waals surface area (Å²) < 4.78 is 23.4. The van der Waals surface area contributed by atoms with Gasteiger partial charge in [0.1, 0.15) is 5.28 Å². The SMILES string of the molecule is CCOP(=O)(OCC)C(C)(C)NC(=O)Nc1ccc(C)cc1. The van der Waals surface area contributed by atoms with Gasteiger partial charge in [0.25, 0.3) is 0 Å². The van der Waals surface area contributed by atoms with Gasteiger partial charge in [-0.25, -0.2) is 4.79 Å². The van der Waals surface area contributed by atoms with E-state index in [-0.39, 0.29) is 13.2 Å².